The molecule has 13 heteroatoms. The SMILES string of the molecule is CCCCC(=O)NOc1c(C)c(F)c(F)c(F)c1C1CCN(S(=O)(=O)c2ccc(S(C)(=O)=O)cc2)C(C)C1. The number of halogens is 3. The van der Waals surface area contributed by atoms with Crippen molar-refractivity contribution in [2.75, 3.05) is 12.8 Å². The lowest BCUT2D eigenvalue weighted by Crippen LogP contribution is -2.44. The summed E-state index contributed by atoms with van der Waals surface area (Å²) in [6.07, 6.45) is 2.59. The lowest BCUT2D eigenvalue weighted by molar-refractivity contribution is -0.127. The molecule has 1 heterocycles. The van der Waals surface area contributed by atoms with E-state index < -0.39 is 55.2 Å². The molecule has 1 N–H and O–H groups in total. The van der Waals surface area contributed by atoms with Crippen molar-refractivity contribution in [3.05, 3.63) is 52.8 Å². The van der Waals surface area contributed by atoms with Crippen LogP contribution in [0.3, 0.4) is 0 Å². The first-order valence-corrected chi connectivity index (χ1v) is 15.5. The Hall–Kier alpha value is -2.64. The van der Waals surface area contributed by atoms with E-state index in [1.165, 1.54) is 35.5 Å². The van der Waals surface area contributed by atoms with Crippen LogP contribution in [0.25, 0.3) is 0 Å². The number of benzene rings is 2. The van der Waals surface area contributed by atoms with Crippen LogP contribution in [0, 0.1) is 24.4 Å². The van der Waals surface area contributed by atoms with E-state index in [0.29, 0.717) is 6.42 Å². The van der Waals surface area contributed by atoms with Crippen molar-refractivity contribution in [3.63, 3.8) is 0 Å². The molecule has 38 heavy (non-hydrogen) atoms. The molecule has 1 aliphatic heterocycles. The van der Waals surface area contributed by atoms with Gasteiger partial charge in [0.05, 0.1) is 9.79 Å². The fourth-order valence-corrected chi connectivity index (χ4v) is 6.82. The highest BCUT2D eigenvalue weighted by atomic mass is 32.2. The Labute approximate surface area is 221 Å². The van der Waals surface area contributed by atoms with Crippen molar-refractivity contribution in [1.82, 2.24) is 9.79 Å². The van der Waals surface area contributed by atoms with Gasteiger partial charge in [-0.15, -0.1) is 0 Å². The summed E-state index contributed by atoms with van der Waals surface area (Å²) in [5, 5.41) is 0. The van der Waals surface area contributed by atoms with Gasteiger partial charge in [0.1, 0.15) is 0 Å². The zero-order valence-corrected chi connectivity index (χ0v) is 23.2. The summed E-state index contributed by atoms with van der Waals surface area (Å²) in [6.45, 7) is 4.63. The maximum Gasteiger partial charge on any atom is 0.252 e. The molecule has 0 aliphatic carbocycles. The van der Waals surface area contributed by atoms with Gasteiger partial charge in [-0.2, -0.15) is 9.79 Å². The van der Waals surface area contributed by atoms with Gasteiger partial charge in [-0.05, 0) is 63.3 Å². The Morgan fingerprint density at radius 1 is 1.05 bits per heavy atom. The molecule has 1 saturated heterocycles. The van der Waals surface area contributed by atoms with E-state index in [-0.39, 0.29) is 52.5 Å². The summed E-state index contributed by atoms with van der Waals surface area (Å²) in [5.41, 5.74) is 1.58. The summed E-state index contributed by atoms with van der Waals surface area (Å²) >= 11 is 0. The maximum atomic E-state index is 15.1. The minimum Gasteiger partial charge on any atom is -0.379 e. The van der Waals surface area contributed by atoms with Crippen LogP contribution in [-0.4, -0.2) is 45.9 Å². The first-order valence-electron chi connectivity index (χ1n) is 12.1. The number of unbranched alkanes of at least 4 members (excludes halogenated alkanes) is 1. The molecular weight excluding hydrogens is 545 g/mol. The summed E-state index contributed by atoms with van der Waals surface area (Å²) in [5.74, 6) is -6.13. The van der Waals surface area contributed by atoms with E-state index in [0.717, 1.165) is 12.7 Å². The number of sulfone groups is 1. The van der Waals surface area contributed by atoms with Crippen molar-refractivity contribution in [2.45, 2.75) is 74.6 Å². The second-order valence-electron chi connectivity index (χ2n) is 9.47. The Morgan fingerprint density at radius 3 is 2.21 bits per heavy atom. The summed E-state index contributed by atoms with van der Waals surface area (Å²) in [6, 6.07) is 4.15. The molecule has 3 rings (SSSR count). The van der Waals surface area contributed by atoms with Crippen LogP contribution >= 0.6 is 0 Å². The quantitative estimate of drug-likeness (QED) is 0.351. The summed E-state index contributed by atoms with van der Waals surface area (Å²) in [7, 11) is -7.54. The molecule has 0 aromatic heterocycles. The Bertz CT molecular complexity index is 1410. The maximum absolute atomic E-state index is 15.1. The van der Waals surface area contributed by atoms with E-state index in [4.69, 9.17) is 4.84 Å². The normalized spacial score (nSPS) is 18.8. The number of nitrogens with zero attached hydrogens (tertiary/aromatic N) is 1. The standard InChI is InChI=1S/C25H31F3N2O6S2/c1-5-6-7-20(31)29-36-25-16(3)22(26)24(28)23(27)21(25)17-12-13-30(15(2)14-17)38(34,35)19-10-8-18(9-11-19)37(4,32)33/h8-11,15,17H,5-7,12-14H2,1-4H3,(H,29,31). The molecule has 0 radical (unpaired) electrons. The molecule has 2 atom stereocenters. The van der Waals surface area contributed by atoms with Gasteiger partial charge in [-0.1, -0.05) is 13.3 Å². The van der Waals surface area contributed by atoms with Crippen LogP contribution in [-0.2, 0) is 24.7 Å². The molecular formula is C25H31F3N2O6S2. The average Bonchev–Trinajstić information content (AvgIpc) is 2.86. The zero-order valence-electron chi connectivity index (χ0n) is 21.6. The largest absolute Gasteiger partial charge is 0.379 e. The van der Waals surface area contributed by atoms with Crippen molar-refractivity contribution in [2.24, 2.45) is 0 Å². The number of hydroxylamine groups is 1. The fraction of sp³-hybridized carbons (Fsp3) is 0.480. The minimum absolute atomic E-state index is 0.0262. The highest BCUT2D eigenvalue weighted by molar-refractivity contribution is 7.90. The van der Waals surface area contributed by atoms with Crippen molar-refractivity contribution < 1.29 is 39.6 Å². The van der Waals surface area contributed by atoms with Gasteiger partial charge in [0.15, 0.2) is 33.0 Å². The highest BCUT2D eigenvalue weighted by Crippen LogP contribution is 2.42. The average molecular weight is 577 g/mol. The van der Waals surface area contributed by atoms with Crippen molar-refractivity contribution >= 4 is 25.8 Å². The highest BCUT2D eigenvalue weighted by Gasteiger charge is 2.38. The van der Waals surface area contributed by atoms with Crippen LogP contribution in [0.15, 0.2) is 34.1 Å². The van der Waals surface area contributed by atoms with Gasteiger partial charge in [-0.3, -0.25) is 4.79 Å². The molecule has 2 unspecified atom stereocenters. The molecule has 2 aromatic rings. The second-order valence-corrected chi connectivity index (χ2v) is 13.4. The Morgan fingerprint density at radius 2 is 1.66 bits per heavy atom. The Balaban J connectivity index is 1.88. The third-order valence-corrected chi connectivity index (χ3v) is 9.80. The number of hydrogen-bond acceptors (Lipinski definition) is 6. The van der Waals surface area contributed by atoms with Crippen molar-refractivity contribution in [1.29, 1.82) is 0 Å². The monoisotopic (exact) mass is 576 g/mol. The van der Waals surface area contributed by atoms with Gasteiger partial charge in [0.25, 0.3) is 5.91 Å². The number of nitrogens with one attached hydrogen (secondary N) is 1. The summed E-state index contributed by atoms with van der Waals surface area (Å²) < 4.78 is 95.0. The molecule has 0 spiro atoms. The first kappa shape index (κ1) is 29.9. The molecule has 0 bridgehead atoms. The van der Waals surface area contributed by atoms with Crippen molar-refractivity contribution in [3.8, 4) is 5.75 Å². The molecule has 1 amide bonds. The molecule has 8 nitrogen and oxygen atoms in total. The lowest BCUT2D eigenvalue weighted by Gasteiger charge is -2.37. The zero-order chi connectivity index (χ0) is 28.4. The van der Waals surface area contributed by atoms with Crippen LogP contribution in [0.4, 0.5) is 13.2 Å². The number of sulfonamides is 1. The number of rotatable bonds is 9. The molecule has 1 aliphatic rings. The van der Waals surface area contributed by atoms with E-state index in [2.05, 4.69) is 5.48 Å². The van der Waals surface area contributed by atoms with Crippen LogP contribution in [0.2, 0.25) is 0 Å². The second kappa shape index (κ2) is 11.6. The first-order chi connectivity index (χ1) is 17.7. The van der Waals surface area contributed by atoms with Gasteiger partial charge in [-0.25, -0.2) is 30.0 Å². The topological polar surface area (TPSA) is 110 Å². The third kappa shape index (κ3) is 6.15. The van der Waals surface area contributed by atoms with Crippen LogP contribution in [0.5, 0.6) is 5.75 Å². The smallest absolute Gasteiger partial charge is 0.252 e. The molecule has 0 saturated carbocycles. The van der Waals surface area contributed by atoms with Gasteiger partial charge < -0.3 is 4.84 Å². The van der Waals surface area contributed by atoms with E-state index in [9.17, 15) is 30.4 Å². The van der Waals surface area contributed by atoms with Gasteiger partial charge in [0, 0.05) is 36.4 Å². The molecule has 210 valence electrons. The number of carbonyl (C=O) groups is 1. The predicted octanol–water partition coefficient (Wildman–Crippen LogP) is 4.37. The minimum atomic E-state index is -4.03. The third-order valence-electron chi connectivity index (χ3n) is 6.64. The van der Waals surface area contributed by atoms with E-state index >= 15 is 4.39 Å². The number of amides is 1. The van der Waals surface area contributed by atoms with E-state index in [1.807, 2.05) is 6.92 Å². The molecule has 1 fully saturated rings. The van der Waals surface area contributed by atoms with E-state index in [1.54, 1.807) is 6.92 Å². The van der Waals surface area contributed by atoms with Crippen LogP contribution in [0.1, 0.15) is 63.0 Å². The summed E-state index contributed by atoms with van der Waals surface area (Å²) in [4.78, 5) is 17.2. The number of piperidine rings is 1. The van der Waals surface area contributed by atoms with Gasteiger partial charge in [0.2, 0.25) is 10.0 Å². The predicted molar refractivity (Wildman–Crippen MR) is 134 cm³/mol. The Kier molecular flexibility index (Phi) is 9.15. The number of carbonyl (C=O) groups excluding carboxylic acids is 1. The number of hydrogen-bond donors (Lipinski definition) is 1. The molecule has 2 aromatic carbocycles. The fourth-order valence-electron chi connectivity index (χ4n) is 4.54. The van der Waals surface area contributed by atoms with Crippen LogP contribution < -0.4 is 10.3 Å². The van der Waals surface area contributed by atoms with Gasteiger partial charge >= 0.3 is 0 Å². The lowest BCUT2D eigenvalue weighted by atomic mass is 9.85.